The molecule has 0 radical (unpaired) electrons. The Morgan fingerprint density at radius 2 is 1.84 bits per heavy atom. The highest BCUT2D eigenvalue weighted by molar-refractivity contribution is 5.81. The molecule has 0 bridgehead atoms. The van der Waals surface area contributed by atoms with Gasteiger partial charge in [-0.2, -0.15) is 0 Å². The van der Waals surface area contributed by atoms with Gasteiger partial charge in [0.15, 0.2) is 0 Å². The fraction of sp³-hybridized carbons (Fsp3) is 0.562. The lowest BCUT2D eigenvalue weighted by Crippen LogP contribution is -2.45. The summed E-state index contributed by atoms with van der Waals surface area (Å²) in [5.41, 5.74) is 9.67. The molecule has 0 aliphatic rings. The van der Waals surface area contributed by atoms with E-state index in [1.54, 1.807) is 0 Å². The molecule has 1 aromatic rings. The van der Waals surface area contributed by atoms with Gasteiger partial charge in [-0.25, -0.2) is 0 Å². The second-order valence-corrected chi connectivity index (χ2v) is 5.45. The van der Waals surface area contributed by atoms with Gasteiger partial charge in [-0.15, -0.1) is 0 Å². The fourth-order valence-electron chi connectivity index (χ4n) is 2.17. The van der Waals surface area contributed by atoms with Gasteiger partial charge in [0.25, 0.3) is 0 Å². The highest BCUT2D eigenvalue weighted by Gasteiger charge is 2.18. The molecule has 0 spiro atoms. The van der Waals surface area contributed by atoms with Gasteiger partial charge in [-0.1, -0.05) is 49.6 Å². The van der Waals surface area contributed by atoms with Crippen LogP contribution in [0, 0.1) is 19.8 Å². The number of hydrogen-bond acceptors (Lipinski definition) is 2. The van der Waals surface area contributed by atoms with Crippen LogP contribution in [-0.4, -0.2) is 18.5 Å². The van der Waals surface area contributed by atoms with Crippen molar-refractivity contribution in [3.05, 3.63) is 34.9 Å². The monoisotopic (exact) mass is 262 g/mol. The average Bonchev–Trinajstić information content (AvgIpc) is 2.35. The fourth-order valence-corrected chi connectivity index (χ4v) is 2.17. The third-order valence-corrected chi connectivity index (χ3v) is 3.55. The second kappa shape index (κ2) is 7.29. The molecule has 3 heteroatoms. The van der Waals surface area contributed by atoms with Crippen molar-refractivity contribution < 1.29 is 4.79 Å². The first-order chi connectivity index (χ1) is 8.93. The number of carbonyl (C=O) groups excluding carboxylic acids is 1. The minimum Gasteiger partial charge on any atom is -0.354 e. The van der Waals surface area contributed by atoms with Crippen LogP contribution in [0.1, 0.15) is 37.0 Å². The van der Waals surface area contributed by atoms with E-state index in [4.69, 9.17) is 5.73 Å². The number of benzene rings is 1. The lowest BCUT2D eigenvalue weighted by molar-refractivity contribution is -0.123. The summed E-state index contributed by atoms with van der Waals surface area (Å²) in [5.74, 6) is 0.180. The maximum Gasteiger partial charge on any atom is 0.237 e. The summed E-state index contributed by atoms with van der Waals surface area (Å²) >= 11 is 0. The lowest BCUT2D eigenvalue weighted by atomic mass is 9.99. The van der Waals surface area contributed by atoms with Crippen LogP contribution in [-0.2, 0) is 11.2 Å². The van der Waals surface area contributed by atoms with Crippen molar-refractivity contribution in [2.75, 3.05) is 6.54 Å². The van der Waals surface area contributed by atoms with E-state index in [2.05, 4.69) is 37.4 Å². The molecule has 1 rings (SSSR count). The molecule has 19 heavy (non-hydrogen) atoms. The highest BCUT2D eigenvalue weighted by atomic mass is 16.2. The predicted molar refractivity (Wildman–Crippen MR) is 80.1 cm³/mol. The van der Waals surface area contributed by atoms with Crippen molar-refractivity contribution in [1.29, 1.82) is 0 Å². The quantitative estimate of drug-likeness (QED) is 0.826. The molecule has 3 N–H and O–H groups in total. The van der Waals surface area contributed by atoms with E-state index in [-0.39, 0.29) is 11.8 Å². The Morgan fingerprint density at radius 1 is 1.26 bits per heavy atom. The molecule has 2 atom stereocenters. The molecule has 0 heterocycles. The van der Waals surface area contributed by atoms with Crippen LogP contribution >= 0.6 is 0 Å². The normalized spacial score (nSPS) is 13.9. The molecule has 0 aliphatic carbocycles. The lowest BCUT2D eigenvalue weighted by Gasteiger charge is -2.17. The molecule has 106 valence electrons. The number of amides is 1. The van der Waals surface area contributed by atoms with Gasteiger partial charge in [0.05, 0.1) is 6.04 Å². The minimum absolute atomic E-state index is 0.0428. The van der Waals surface area contributed by atoms with E-state index in [9.17, 15) is 4.79 Å². The first kappa shape index (κ1) is 15.7. The van der Waals surface area contributed by atoms with E-state index in [1.807, 2.05) is 13.8 Å². The molecule has 0 fully saturated rings. The molecular formula is C16H26N2O. The maximum absolute atomic E-state index is 11.8. The van der Waals surface area contributed by atoms with E-state index in [0.717, 1.165) is 12.8 Å². The Labute approximate surface area is 116 Å². The van der Waals surface area contributed by atoms with E-state index in [0.29, 0.717) is 6.54 Å². The highest BCUT2D eigenvalue weighted by Crippen LogP contribution is 2.09. The van der Waals surface area contributed by atoms with E-state index < -0.39 is 6.04 Å². The summed E-state index contributed by atoms with van der Waals surface area (Å²) in [4.78, 5) is 11.8. The van der Waals surface area contributed by atoms with Crippen molar-refractivity contribution in [1.82, 2.24) is 5.32 Å². The molecule has 1 amide bonds. The Balaban J connectivity index is 2.43. The third kappa shape index (κ3) is 5.03. The molecule has 2 unspecified atom stereocenters. The van der Waals surface area contributed by atoms with Crippen LogP contribution in [0.4, 0.5) is 0 Å². The second-order valence-electron chi connectivity index (χ2n) is 5.45. The molecule has 0 aromatic heterocycles. The summed E-state index contributed by atoms with van der Waals surface area (Å²) in [6.45, 7) is 8.88. The van der Waals surface area contributed by atoms with E-state index in [1.165, 1.54) is 16.7 Å². The van der Waals surface area contributed by atoms with Crippen molar-refractivity contribution in [3.8, 4) is 0 Å². The Morgan fingerprint density at radius 3 is 2.37 bits per heavy atom. The zero-order valence-electron chi connectivity index (χ0n) is 12.5. The number of rotatable bonds is 6. The summed E-state index contributed by atoms with van der Waals surface area (Å²) in [6, 6.07) is 6.08. The van der Waals surface area contributed by atoms with Gasteiger partial charge in [-0.3, -0.25) is 4.79 Å². The average molecular weight is 262 g/mol. The molecule has 3 nitrogen and oxygen atoms in total. The largest absolute Gasteiger partial charge is 0.354 e. The Bertz CT molecular complexity index is 409. The van der Waals surface area contributed by atoms with Gasteiger partial charge in [0.2, 0.25) is 5.91 Å². The van der Waals surface area contributed by atoms with Gasteiger partial charge in [0.1, 0.15) is 0 Å². The SMILES string of the molecule is CCC(C)C(N)C(=O)NCCc1cc(C)cc(C)c1. The topological polar surface area (TPSA) is 55.1 Å². The van der Waals surface area contributed by atoms with Crippen LogP contribution in [0.3, 0.4) is 0 Å². The van der Waals surface area contributed by atoms with Crippen LogP contribution < -0.4 is 11.1 Å². The van der Waals surface area contributed by atoms with Gasteiger partial charge >= 0.3 is 0 Å². The smallest absolute Gasteiger partial charge is 0.237 e. The number of aryl methyl sites for hydroxylation is 2. The summed E-state index contributed by atoms with van der Waals surface area (Å²) in [7, 11) is 0. The first-order valence-electron chi connectivity index (χ1n) is 7.04. The standard InChI is InChI=1S/C16H26N2O/c1-5-13(4)15(17)16(19)18-7-6-14-9-11(2)8-12(3)10-14/h8-10,13,15H,5-7,17H2,1-4H3,(H,18,19). The number of carbonyl (C=O) groups is 1. The zero-order chi connectivity index (χ0) is 14.4. The van der Waals surface area contributed by atoms with Crippen LogP contribution in [0.25, 0.3) is 0 Å². The van der Waals surface area contributed by atoms with Crippen molar-refractivity contribution in [3.63, 3.8) is 0 Å². The van der Waals surface area contributed by atoms with E-state index >= 15 is 0 Å². The number of nitrogens with two attached hydrogens (primary N) is 1. The number of hydrogen-bond donors (Lipinski definition) is 2. The zero-order valence-corrected chi connectivity index (χ0v) is 12.5. The van der Waals surface area contributed by atoms with Crippen LogP contribution in [0.2, 0.25) is 0 Å². The Kier molecular flexibility index (Phi) is 6.03. The number of nitrogens with one attached hydrogen (secondary N) is 1. The maximum atomic E-state index is 11.8. The molecule has 0 saturated heterocycles. The summed E-state index contributed by atoms with van der Waals surface area (Å²) < 4.78 is 0. The molecule has 1 aromatic carbocycles. The summed E-state index contributed by atoms with van der Waals surface area (Å²) in [5, 5.41) is 2.92. The third-order valence-electron chi connectivity index (χ3n) is 3.55. The molecule has 0 aliphatic heterocycles. The molecular weight excluding hydrogens is 236 g/mol. The molecule has 0 saturated carbocycles. The van der Waals surface area contributed by atoms with Crippen molar-refractivity contribution >= 4 is 5.91 Å². The van der Waals surface area contributed by atoms with Crippen LogP contribution in [0.5, 0.6) is 0 Å². The van der Waals surface area contributed by atoms with Crippen molar-refractivity contribution in [2.24, 2.45) is 11.7 Å². The van der Waals surface area contributed by atoms with Crippen LogP contribution in [0.15, 0.2) is 18.2 Å². The summed E-state index contributed by atoms with van der Waals surface area (Å²) in [6.07, 6.45) is 1.77. The van der Waals surface area contributed by atoms with Gasteiger partial charge in [0, 0.05) is 6.54 Å². The Hall–Kier alpha value is -1.35. The van der Waals surface area contributed by atoms with Gasteiger partial charge < -0.3 is 11.1 Å². The first-order valence-corrected chi connectivity index (χ1v) is 7.04. The van der Waals surface area contributed by atoms with Crippen molar-refractivity contribution in [2.45, 2.75) is 46.6 Å². The minimum atomic E-state index is -0.399. The predicted octanol–water partition coefficient (Wildman–Crippen LogP) is 2.34. The van der Waals surface area contributed by atoms with Gasteiger partial charge in [-0.05, 0) is 31.7 Å².